The van der Waals surface area contributed by atoms with Crippen LogP contribution in [-0.4, -0.2) is 65.9 Å². The van der Waals surface area contributed by atoms with Gasteiger partial charge in [-0.05, 0) is 80.6 Å². The molecule has 0 aliphatic carbocycles. The Hall–Kier alpha value is -1.93. The smallest absolute Gasteiger partial charge is 0.256 e. The average molecular weight is 619 g/mol. The van der Waals surface area contributed by atoms with E-state index in [9.17, 15) is 23.1 Å². The molecule has 2 aromatic carbocycles. The molecule has 198 valence electrons. The number of hydrogen-bond acceptors (Lipinski definition) is 6. The first-order valence-electron chi connectivity index (χ1n) is 11.8. The second kappa shape index (κ2) is 12.1. The van der Waals surface area contributed by atoms with Crippen LogP contribution in [0.5, 0.6) is 0 Å². The van der Waals surface area contributed by atoms with E-state index in [1.54, 1.807) is 6.07 Å². The number of aliphatic hydroxyl groups is 1. The fraction of sp³-hybridized carbons (Fsp3) is 0.480. The van der Waals surface area contributed by atoms with Gasteiger partial charge in [0, 0.05) is 28.7 Å². The molecule has 2 aromatic rings. The fourth-order valence-electron chi connectivity index (χ4n) is 4.09. The second-order valence-corrected chi connectivity index (χ2v) is 11.0. The van der Waals surface area contributed by atoms with Crippen molar-refractivity contribution in [1.29, 1.82) is 0 Å². The highest BCUT2D eigenvalue weighted by Crippen LogP contribution is 2.31. The van der Waals surface area contributed by atoms with Crippen molar-refractivity contribution in [3.63, 3.8) is 0 Å². The van der Waals surface area contributed by atoms with E-state index in [0.717, 1.165) is 12.1 Å². The normalized spacial score (nSPS) is 15.1. The summed E-state index contributed by atoms with van der Waals surface area (Å²) in [5, 5.41) is 23.4. The van der Waals surface area contributed by atoms with Gasteiger partial charge in [0.2, 0.25) is 0 Å². The topological polar surface area (TPSA) is 88.7 Å². The fourth-order valence-corrected chi connectivity index (χ4v) is 4.54. The lowest BCUT2D eigenvalue weighted by Gasteiger charge is -2.47. The highest BCUT2D eigenvalue weighted by molar-refractivity contribution is 14.1. The Balaban J connectivity index is 1.65. The highest BCUT2D eigenvalue weighted by Gasteiger charge is 2.44. The van der Waals surface area contributed by atoms with Gasteiger partial charge in [-0.2, -0.15) is 0 Å². The van der Waals surface area contributed by atoms with Crippen LogP contribution in [0.3, 0.4) is 0 Å². The number of nitrogens with zero attached hydrogens (tertiary/aromatic N) is 1. The SMILES string of the molecule is CC(C)NC(CNCC1(O)CN(C(=O)c2ccc(F)c(F)c2Nc2ccc(I)cc2F)C1)NC(C)C. The van der Waals surface area contributed by atoms with Gasteiger partial charge in [-0.3, -0.25) is 15.4 Å². The van der Waals surface area contributed by atoms with Crippen LogP contribution in [0.15, 0.2) is 30.3 Å². The van der Waals surface area contributed by atoms with Gasteiger partial charge in [0.25, 0.3) is 5.91 Å². The van der Waals surface area contributed by atoms with Crippen molar-refractivity contribution in [2.45, 2.75) is 51.5 Å². The molecule has 1 fully saturated rings. The maximum atomic E-state index is 14.7. The zero-order chi connectivity index (χ0) is 26.6. The monoisotopic (exact) mass is 619 g/mol. The number of β-amino-alcohol motifs (C(OH)–C–C–N with tert-alkyl or cyclic N) is 1. The molecule has 1 aliphatic rings. The Bertz CT molecular complexity index is 1070. The predicted octanol–water partition coefficient (Wildman–Crippen LogP) is 3.55. The first-order chi connectivity index (χ1) is 16.9. The number of nitrogens with one attached hydrogen (secondary N) is 4. The van der Waals surface area contributed by atoms with Crippen LogP contribution >= 0.6 is 22.6 Å². The highest BCUT2D eigenvalue weighted by atomic mass is 127. The van der Waals surface area contributed by atoms with Crippen LogP contribution in [0.4, 0.5) is 24.5 Å². The van der Waals surface area contributed by atoms with Crippen molar-refractivity contribution in [2.24, 2.45) is 0 Å². The number of carbonyl (C=O) groups excluding carboxylic acids is 1. The van der Waals surface area contributed by atoms with Crippen molar-refractivity contribution in [1.82, 2.24) is 20.9 Å². The van der Waals surface area contributed by atoms with Gasteiger partial charge in [-0.25, -0.2) is 13.2 Å². The van der Waals surface area contributed by atoms with Crippen LogP contribution in [-0.2, 0) is 0 Å². The lowest BCUT2D eigenvalue weighted by molar-refractivity contribution is -0.0787. The molecule has 0 bridgehead atoms. The van der Waals surface area contributed by atoms with Crippen molar-refractivity contribution in [2.75, 3.05) is 31.5 Å². The van der Waals surface area contributed by atoms with Crippen molar-refractivity contribution in [3.8, 4) is 0 Å². The molecule has 0 aromatic heterocycles. The van der Waals surface area contributed by atoms with Crippen LogP contribution in [0.1, 0.15) is 38.1 Å². The van der Waals surface area contributed by atoms with E-state index < -0.39 is 34.6 Å². The zero-order valence-electron chi connectivity index (χ0n) is 20.8. The third-order valence-electron chi connectivity index (χ3n) is 5.65. The summed E-state index contributed by atoms with van der Waals surface area (Å²) in [7, 11) is 0. The van der Waals surface area contributed by atoms with Gasteiger partial charge < -0.3 is 20.6 Å². The third-order valence-corrected chi connectivity index (χ3v) is 6.32. The van der Waals surface area contributed by atoms with E-state index in [2.05, 4.69) is 21.3 Å². The first kappa shape index (κ1) is 28.6. The summed E-state index contributed by atoms with van der Waals surface area (Å²) in [5.74, 6) is -3.69. The third kappa shape index (κ3) is 7.31. The molecule has 1 heterocycles. The van der Waals surface area contributed by atoms with E-state index in [1.165, 1.54) is 17.0 Å². The summed E-state index contributed by atoms with van der Waals surface area (Å²) in [6.07, 6.45) is 0.00361. The maximum absolute atomic E-state index is 14.7. The molecule has 5 N–H and O–H groups in total. The van der Waals surface area contributed by atoms with Crippen LogP contribution in [0.25, 0.3) is 0 Å². The van der Waals surface area contributed by atoms with E-state index in [-0.39, 0.29) is 49.1 Å². The molecular weight excluding hydrogens is 586 g/mol. The van der Waals surface area contributed by atoms with E-state index in [4.69, 9.17) is 0 Å². The maximum Gasteiger partial charge on any atom is 0.256 e. The minimum Gasteiger partial charge on any atom is -0.385 e. The zero-order valence-corrected chi connectivity index (χ0v) is 22.9. The van der Waals surface area contributed by atoms with E-state index >= 15 is 0 Å². The summed E-state index contributed by atoms with van der Waals surface area (Å²) in [5.41, 5.74) is -1.83. The minimum absolute atomic E-state index is 0.00361. The first-order valence-corrected chi connectivity index (χ1v) is 12.9. The number of hydrogen-bond donors (Lipinski definition) is 5. The Morgan fingerprint density at radius 3 is 2.28 bits per heavy atom. The Kier molecular flexibility index (Phi) is 9.61. The molecular formula is C25H33F3IN5O2. The second-order valence-electron chi connectivity index (χ2n) is 9.74. The number of likely N-dealkylation sites (tertiary alicyclic amines) is 1. The molecule has 0 saturated carbocycles. The molecule has 11 heteroatoms. The van der Waals surface area contributed by atoms with Crippen molar-refractivity contribution < 1.29 is 23.1 Å². The number of anilines is 2. The quantitative estimate of drug-likeness (QED) is 0.196. The molecule has 36 heavy (non-hydrogen) atoms. The summed E-state index contributed by atoms with van der Waals surface area (Å²) >= 11 is 1.93. The lowest BCUT2D eigenvalue weighted by Crippen LogP contribution is -2.68. The van der Waals surface area contributed by atoms with Gasteiger partial charge in [-0.1, -0.05) is 0 Å². The Labute approximate surface area is 223 Å². The molecule has 0 spiro atoms. The number of carbonyl (C=O) groups is 1. The number of amides is 1. The van der Waals surface area contributed by atoms with Crippen molar-refractivity contribution >= 4 is 39.9 Å². The van der Waals surface area contributed by atoms with Gasteiger partial charge in [0.1, 0.15) is 11.4 Å². The Morgan fingerprint density at radius 2 is 1.69 bits per heavy atom. The summed E-state index contributed by atoms with van der Waals surface area (Å²) in [4.78, 5) is 14.5. The van der Waals surface area contributed by atoms with Gasteiger partial charge in [0.15, 0.2) is 11.6 Å². The molecule has 1 amide bonds. The molecule has 0 unspecified atom stereocenters. The summed E-state index contributed by atoms with van der Waals surface area (Å²) in [6, 6.07) is 6.79. The van der Waals surface area contributed by atoms with Crippen LogP contribution in [0, 0.1) is 21.0 Å². The van der Waals surface area contributed by atoms with E-state index in [1.807, 2.05) is 50.3 Å². The minimum atomic E-state index is -1.28. The number of rotatable bonds is 11. The van der Waals surface area contributed by atoms with Gasteiger partial charge >= 0.3 is 0 Å². The largest absolute Gasteiger partial charge is 0.385 e. The number of halogens is 4. The Morgan fingerprint density at radius 1 is 1.06 bits per heavy atom. The molecule has 3 rings (SSSR count). The summed E-state index contributed by atoms with van der Waals surface area (Å²) < 4.78 is 43.6. The average Bonchev–Trinajstić information content (AvgIpc) is 2.75. The van der Waals surface area contributed by atoms with Crippen LogP contribution in [0.2, 0.25) is 0 Å². The lowest BCUT2D eigenvalue weighted by atomic mass is 9.92. The molecule has 0 atom stereocenters. The molecule has 7 nitrogen and oxygen atoms in total. The number of benzene rings is 2. The molecule has 0 radical (unpaired) electrons. The van der Waals surface area contributed by atoms with Crippen LogP contribution < -0.4 is 21.3 Å². The van der Waals surface area contributed by atoms with Gasteiger partial charge in [0.05, 0.1) is 36.2 Å². The van der Waals surface area contributed by atoms with E-state index in [0.29, 0.717) is 10.1 Å². The van der Waals surface area contributed by atoms with Gasteiger partial charge in [-0.15, -0.1) is 0 Å². The predicted molar refractivity (Wildman–Crippen MR) is 143 cm³/mol. The molecule has 1 aliphatic heterocycles. The molecule has 1 saturated heterocycles. The van der Waals surface area contributed by atoms with Crippen molar-refractivity contribution in [3.05, 3.63) is 56.9 Å². The summed E-state index contributed by atoms with van der Waals surface area (Å²) in [6.45, 7) is 9.05. The standard InChI is InChI=1S/C25H33F3IN5O2/c1-14(2)31-21(32-15(3)4)10-30-11-25(36)12-34(13-25)24(35)17-6-7-18(26)22(28)23(17)33-20-8-5-16(29)9-19(20)27/h5-9,14-15,21,30-33,36H,10-13H2,1-4H3.